The smallest absolute Gasteiger partial charge is 0.124 e. The summed E-state index contributed by atoms with van der Waals surface area (Å²) in [5.74, 6) is 0.953. The normalized spacial score (nSPS) is 22.3. The average molecular weight is 221 g/mol. The molecule has 16 heavy (non-hydrogen) atoms. The number of benzene rings is 1. The van der Waals surface area contributed by atoms with Gasteiger partial charge in [0.25, 0.3) is 0 Å². The highest BCUT2D eigenvalue weighted by Crippen LogP contribution is 2.38. The molecule has 2 N–H and O–H groups in total. The highest BCUT2D eigenvalue weighted by Gasteiger charge is 2.32. The molecule has 1 atom stereocenters. The number of fused-ring (bicyclic) bond motifs is 1. The fraction of sp³-hybridized carbons (Fsp3) is 0.538. The van der Waals surface area contributed by atoms with Crippen molar-refractivity contribution < 1.29 is 9.84 Å². The molecule has 0 radical (unpaired) electrons. The topological polar surface area (TPSA) is 41.5 Å². The molecule has 0 saturated carbocycles. The van der Waals surface area contributed by atoms with Crippen molar-refractivity contribution in [1.29, 1.82) is 0 Å². The first-order valence-corrected chi connectivity index (χ1v) is 5.74. The molecule has 0 fully saturated rings. The Balaban J connectivity index is 2.25. The zero-order valence-electron chi connectivity index (χ0n) is 9.86. The first-order valence-electron chi connectivity index (χ1n) is 5.74. The molecule has 1 heterocycles. The second kappa shape index (κ2) is 4.44. The van der Waals surface area contributed by atoms with Gasteiger partial charge in [0, 0.05) is 24.6 Å². The summed E-state index contributed by atoms with van der Waals surface area (Å²) >= 11 is 0. The summed E-state index contributed by atoms with van der Waals surface area (Å²) in [6.07, 6.45) is 0.921. The van der Waals surface area contributed by atoms with E-state index in [1.54, 1.807) is 0 Å². The van der Waals surface area contributed by atoms with Gasteiger partial charge >= 0.3 is 0 Å². The van der Waals surface area contributed by atoms with Crippen LogP contribution in [0.1, 0.15) is 31.9 Å². The van der Waals surface area contributed by atoms with Gasteiger partial charge in [0.2, 0.25) is 0 Å². The summed E-state index contributed by atoms with van der Waals surface area (Å²) in [5, 5.41) is 12.2. The Labute approximate surface area is 96.4 Å². The Morgan fingerprint density at radius 1 is 1.44 bits per heavy atom. The highest BCUT2D eigenvalue weighted by atomic mass is 16.5. The van der Waals surface area contributed by atoms with Crippen LogP contribution in [0, 0.1) is 0 Å². The van der Waals surface area contributed by atoms with Gasteiger partial charge in [0.1, 0.15) is 11.4 Å². The minimum absolute atomic E-state index is 0.151. The van der Waals surface area contributed by atoms with E-state index in [-0.39, 0.29) is 18.2 Å². The maximum atomic E-state index is 8.88. The van der Waals surface area contributed by atoms with Gasteiger partial charge in [-0.3, -0.25) is 0 Å². The molecule has 0 aromatic heterocycles. The van der Waals surface area contributed by atoms with Crippen molar-refractivity contribution in [3.8, 4) is 5.75 Å². The maximum absolute atomic E-state index is 8.88. The summed E-state index contributed by atoms with van der Waals surface area (Å²) < 4.78 is 5.93. The molecule has 88 valence electrons. The lowest BCUT2D eigenvalue weighted by molar-refractivity contribution is 0.0651. The zero-order chi connectivity index (χ0) is 11.6. The number of ether oxygens (including phenoxy) is 1. The molecule has 1 aliphatic heterocycles. The minimum atomic E-state index is -0.151. The van der Waals surface area contributed by atoms with Crippen LogP contribution >= 0.6 is 0 Å². The van der Waals surface area contributed by atoms with Gasteiger partial charge in [0.15, 0.2) is 0 Å². The second-order valence-corrected chi connectivity index (χ2v) is 4.83. The molecule has 0 saturated heterocycles. The highest BCUT2D eigenvalue weighted by molar-refractivity contribution is 5.38. The summed E-state index contributed by atoms with van der Waals surface area (Å²) in [5.41, 5.74) is 1.04. The molecule has 0 amide bonds. The van der Waals surface area contributed by atoms with Gasteiger partial charge in [-0.15, -0.1) is 0 Å². The third-order valence-electron chi connectivity index (χ3n) is 2.88. The van der Waals surface area contributed by atoms with Gasteiger partial charge in [-0.05, 0) is 19.9 Å². The average Bonchev–Trinajstić information content (AvgIpc) is 2.24. The van der Waals surface area contributed by atoms with Crippen molar-refractivity contribution in [2.45, 2.75) is 31.9 Å². The van der Waals surface area contributed by atoms with Crippen LogP contribution < -0.4 is 10.1 Å². The third-order valence-corrected chi connectivity index (χ3v) is 2.88. The van der Waals surface area contributed by atoms with E-state index in [0.717, 1.165) is 12.2 Å². The van der Waals surface area contributed by atoms with E-state index in [0.29, 0.717) is 6.54 Å². The SMILES string of the molecule is CC1(C)CC(NCCO)c2ccccc2O1. The standard InChI is InChI=1S/C13H19NO2/c1-13(2)9-11(14-7-8-15)10-5-3-4-6-12(10)16-13/h3-6,11,14-15H,7-9H2,1-2H3. The van der Waals surface area contributed by atoms with Gasteiger partial charge < -0.3 is 15.2 Å². The van der Waals surface area contributed by atoms with E-state index < -0.39 is 0 Å². The van der Waals surface area contributed by atoms with Crippen LogP contribution in [-0.4, -0.2) is 23.9 Å². The van der Waals surface area contributed by atoms with E-state index in [1.165, 1.54) is 5.56 Å². The Morgan fingerprint density at radius 2 is 2.19 bits per heavy atom. The molecule has 1 unspecified atom stereocenters. The van der Waals surface area contributed by atoms with Gasteiger partial charge in [-0.1, -0.05) is 18.2 Å². The van der Waals surface area contributed by atoms with Gasteiger partial charge in [-0.25, -0.2) is 0 Å². The van der Waals surface area contributed by atoms with E-state index >= 15 is 0 Å². The van der Waals surface area contributed by atoms with E-state index in [2.05, 4.69) is 25.2 Å². The van der Waals surface area contributed by atoms with Gasteiger partial charge in [0.05, 0.1) is 6.61 Å². The number of aliphatic hydroxyl groups excluding tert-OH is 1. The number of para-hydroxylation sites is 1. The Kier molecular flexibility index (Phi) is 3.17. The van der Waals surface area contributed by atoms with Gasteiger partial charge in [-0.2, -0.15) is 0 Å². The third kappa shape index (κ3) is 2.36. The molecule has 3 heteroatoms. The summed E-state index contributed by atoms with van der Waals surface area (Å²) in [7, 11) is 0. The van der Waals surface area contributed by atoms with Crippen LogP contribution in [0.5, 0.6) is 5.75 Å². The lowest BCUT2D eigenvalue weighted by atomic mass is 9.90. The number of hydrogen-bond donors (Lipinski definition) is 2. The first kappa shape index (κ1) is 11.4. The van der Waals surface area contributed by atoms with Crippen LogP contribution in [0.2, 0.25) is 0 Å². The molecule has 0 aliphatic carbocycles. The van der Waals surface area contributed by atoms with Crippen LogP contribution in [0.4, 0.5) is 0 Å². The van der Waals surface area contributed by atoms with Crippen molar-refractivity contribution >= 4 is 0 Å². The Morgan fingerprint density at radius 3 is 2.94 bits per heavy atom. The summed E-state index contributed by atoms with van der Waals surface area (Å²) in [6, 6.07) is 8.37. The van der Waals surface area contributed by atoms with Crippen LogP contribution in [-0.2, 0) is 0 Å². The van der Waals surface area contributed by atoms with E-state index in [1.807, 2.05) is 18.2 Å². The predicted molar refractivity (Wildman–Crippen MR) is 63.6 cm³/mol. The van der Waals surface area contributed by atoms with Crippen molar-refractivity contribution in [1.82, 2.24) is 5.32 Å². The quantitative estimate of drug-likeness (QED) is 0.818. The molecule has 2 rings (SSSR count). The van der Waals surface area contributed by atoms with Crippen LogP contribution in [0.3, 0.4) is 0 Å². The summed E-state index contributed by atoms with van der Waals surface area (Å²) in [6.45, 7) is 4.97. The van der Waals surface area contributed by atoms with Crippen molar-refractivity contribution in [3.63, 3.8) is 0 Å². The lowest BCUT2D eigenvalue weighted by Crippen LogP contribution is -2.40. The van der Waals surface area contributed by atoms with E-state index in [9.17, 15) is 0 Å². The monoisotopic (exact) mass is 221 g/mol. The molecular formula is C13H19NO2. The van der Waals surface area contributed by atoms with Crippen molar-refractivity contribution in [3.05, 3.63) is 29.8 Å². The molecule has 0 bridgehead atoms. The van der Waals surface area contributed by atoms with Crippen LogP contribution in [0.15, 0.2) is 24.3 Å². The lowest BCUT2D eigenvalue weighted by Gasteiger charge is -2.38. The maximum Gasteiger partial charge on any atom is 0.124 e. The Hall–Kier alpha value is -1.06. The fourth-order valence-corrected chi connectivity index (χ4v) is 2.22. The van der Waals surface area contributed by atoms with Crippen LogP contribution in [0.25, 0.3) is 0 Å². The predicted octanol–water partition coefficient (Wildman–Crippen LogP) is 1.87. The minimum Gasteiger partial charge on any atom is -0.487 e. The molecule has 3 nitrogen and oxygen atoms in total. The number of aliphatic hydroxyl groups is 1. The molecule has 1 aliphatic rings. The largest absolute Gasteiger partial charge is 0.487 e. The van der Waals surface area contributed by atoms with Crippen molar-refractivity contribution in [2.75, 3.05) is 13.2 Å². The first-order chi connectivity index (χ1) is 7.62. The summed E-state index contributed by atoms with van der Waals surface area (Å²) in [4.78, 5) is 0. The second-order valence-electron chi connectivity index (χ2n) is 4.83. The fourth-order valence-electron chi connectivity index (χ4n) is 2.22. The molecule has 1 aromatic rings. The molecular weight excluding hydrogens is 202 g/mol. The number of rotatable bonds is 3. The molecule has 1 aromatic carbocycles. The zero-order valence-corrected chi connectivity index (χ0v) is 9.86. The van der Waals surface area contributed by atoms with E-state index in [4.69, 9.17) is 9.84 Å². The molecule has 0 spiro atoms. The number of nitrogens with one attached hydrogen (secondary N) is 1. The Bertz CT molecular complexity index is 363. The van der Waals surface area contributed by atoms with Crippen molar-refractivity contribution in [2.24, 2.45) is 0 Å². The number of hydrogen-bond acceptors (Lipinski definition) is 3.